The van der Waals surface area contributed by atoms with Crippen LogP contribution >= 0.6 is 11.6 Å². The van der Waals surface area contributed by atoms with Crippen LogP contribution in [-0.4, -0.2) is 31.1 Å². The van der Waals surface area contributed by atoms with Gasteiger partial charge in [-0.25, -0.2) is 0 Å². The number of nitrogens with two attached hydrogens (primary N) is 2. The van der Waals surface area contributed by atoms with Crippen LogP contribution in [-0.2, 0) is 16.3 Å². The van der Waals surface area contributed by atoms with Gasteiger partial charge in [-0.3, -0.25) is 4.79 Å². The predicted molar refractivity (Wildman–Crippen MR) is 136 cm³/mol. The van der Waals surface area contributed by atoms with Gasteiger partial charge in [-0.1, -0.05) is 38.3 Å². The van der Waals surface area contributed by atoms with Crippen molar-refractivity contribution < 1.29 is 31.2 Å². The molecule has 1 atom stereocenters. The van der Waals surface area contributed by atoms with E-state index in [2.05, 4.69) is 4.99 Å². The topological polar surface area (TPSA) is 131 Å². The normalized spacial score (nSPS) is 11.8. The third-order valence-electron chi connectivity index (χ3n) is 5.33. The van der Waals surface area contributed by atoms with Crippen molar-refractivity contribution in [3.63, 3.8) is 0 Å². The Hall–Kier alpha value is -3.06. The maximum atomic E-state index is 11.9. The zero-order valence-corrected chi connectivity index (χ0v) is 22.2. The van der Waals surface area contributed by atoms with Crippen LogP contribution in [0, 0.1) is 17.4 Å². The second-order valence-electron chi connectivity index (χ2n) is 8.37. The number of esters is 1. The monoisotopic (exact) mass is 536 g/mol. The molecule has 0 saturated heterocycles. The number of hydrogen-bond donors (Lipinski definition) is 2. The maximum Gasteiger partial charge on any atom is 0.327 e. The molecule has 2 aromatic rings. The van der Waals surface area contributed by atoms with Gasteiger partial charge < -0.3 is 38.2 Å². The molecule has 0 spiro atoms. The Labute approximate surface area is 224 Å². The average molecular weight is 537 g/mol. The molecule has 0 aliphatic rings. The Morgan fingerprint density at radius 3 is 2.39 bits per heavy atom. The van der Waals surface area contributed by atoms with E-state index in [4.69, 9.17) is 37.8 Å². The van der Waals surface area contributed by atoms with Crippen molar-refractivity contribution in [2.24, 2.45) is 22.4 Å². The smallest absolute Gasteiger partial charge is 0.327 e. The van der Waals surface area contributed by atoms with Crippen LogP contribution in [0.3, 0.4) is 0 Å². The van der Waals surface area contributed by atoms with Gasteiger partial charge in [0, 0.05) is 23.7 Å². The van der Waals surface area contributed by atoms with Crippen molar-refractivity contribution in [1.82, 2.24) is 0 Å². The van der Waals surface area contributed by atoms with Crippen molar-refractivity contribution in [1.29, 1.82) is 5.26 Å². The summed E-state index contributed by atoms with van der Waals surface area (Å²) in [5.74, 6) is 0.495. The van der Waals surface area contributed by atoms with E-state index >= 15 is 0 Å². The number of hydrogen-bond acceptors (Lipinski definition) is 6. The third kappa shape index (κ3) is 10.7. The van der Waals surface area contributed by atoms with Gasteiger partial charge in [-0.05, 0) is 43.0 Å². The highest BCUT2D eigenvalue weighted by Gasteiger charge is 2.20. The lowest BCUT2D eigenvalue weighted by Crippen LogP contribution is -3.00. The molecular formula is C25H34Cl2N6O3. The number of halogens is 2. The molecule has 1 aromatic carbocycles. The first-order valence-electron chi connectivity index (χ1n) is 11.6. The van der Waals surface area contributed by atoms with Crippen molar-refractivity contribution in [3.8, 4) is 11.9 Å². The molecule has 0 fully saturated rings. The second-order valence-corrected chi connectivity index (χ2v) is 8.81. The number of carbonyl (C=O) groups excluding carboxylic acids is 1. The number of benzene rings is 1. The van der Waals surface area contributed by atoms with Crippen molar-refractivity contribution in [2.75, 3.05) is 18.1 Å². The summed E-state index contributed by atoms with van der Waals surface area (Å²) in [7, 11) is 0. The molecule has 36 heavy (non-hydrogen) atoms. The van der Waals surface area contributed by atoms with Gasteiger partial charge in [-0.2, -0.15) is 9.83 Å². The van der Waals surface area contributed by atoms with Crippen LogP contribution in [0.1, 0.15) is 39.5 Å². The summed E-state index contributed by atoms with van der Waals surface area (Å²) in [6.07, 6.45) is 9.03. The van der Waals surface area contributed by atoms with E-state index in [1.807, 2.05) is 38.1 Å². The summed E-state index contributed by atoms with van der Waals surface area (Å²) >= 11 is 5.88. The highest BCUT2D eigenvalue weighted by atomic mass is 35.5. The molecule has 1 heterocycles. The number of ether oxygens (including phenoxy) is 2. The Morgan fingerprint density at radius 2 is 1.78 bits per heavy atom. The number of unbranched alkanes of at least 4 members (excludes halogenated alkanes) is 3. The Morgan fingerprint density at radius 1 is 1.14 bits per heavy atom. The van der Waals surface area contributed by atoms with Gasteiger partial charge >= 0.3 is 5.97 Å². The lowest BCUT2D eigenvalue weighted by Gasteiger charge is -2.22. The number of rotatable bonds is 13. The minimum absolute atomic E-state index is 0. The SMILES string of the molecule is CC(C)[C@@H](N)C(=O)OC[n+]1ccc(N(CCCCCCOc2ccc(Cl)cc2)C(N)=NC#N)cc1.[Cl-]. The molecule has 0 bridgehead atoms. The van der Waals surface area contributed by atoms with E-state index in [-0.39, 0.29) is 31.0 Å². The van der Waals surface area contributed by atoms with Crippen molar-refractivity contribution in [2.45, 2.75) is 52.3 Å². The summed E-state index contributed by atoms with van der Waals surface area (Å²) in [6, 6.07) is 10.3. The molecule has 0 saturated carbocycles. The number of nitrogens with zero attached hydrogens (tertiary/aromatic N) is 4. The molecule has 0 radical (unpaired) electrons. The summed E-state index contributed by atoms with van der Waals surface area (Å²) in [6.45, 7) is 5.03. The van der Waals surface area contributed by atoms with E-state index in [1.165, 1.54) is 0 Å². The number of aliphatic imine (C=N–C) groups is 1. The fraction of sp³-hybridized carbons (Fsp3) is 0.440. The fourth-order valence-electron chi connectivity index (χ4n) is 3.16. The van der Waals surface area contributed by atoms with Crippen molar-refractivity contribution in [3.05, 3.63) is 53.8 Å². The Balaban J connectivity index is 0.00000648. The average Bonchev–Trinajstić information content (AvgIpc) is 2.85. The number of carbonyl (C=O) groups is 1. The van der Waals surface area contributed by atoms with Crippen molar-refractivity contribution >= 4 is 29.2 Å². The van der Waals surface area contributed by atoms with Gasteiger partial charge in [-0.15, -0.1) is 4.99 Å². The van der Waals surface area contributed by atoms with Crippen LogP contribution in [0.5, 0.6) is 5.75 Å². The lowest BCUT2D eigenvalue weighted by atomic mass is 10.1. The van der Waals surface area contributed by atoms with Gasteiger partial charge in [0.05, 0.1) is 12.3 Å². The molecule has 0 aliphatic carbocycles. The van der Waals surface area contributed by atoms with Crippen LogP contribution in [0.2, 0.25) is 5.02 Å². The number of guanidine groups is 1. The van der Waals surface area contributed by atoms with E-state index < -0.39 is 12.0 Å². The second kappa shape index (κ2) is 16.6. The number of pyridine rings is 1. The molecule has 0 unspecified atom stereocenters. The molecule has 1 aromatic heterocycles. The predicted octanol–water partition coefficient (Wildman–Crippen LogP) is 0.357. The first kappa shape index (κ1) is 31.0. The number of aromatic nitrogens is 1. The van der Waals surface area contributed by atoms with E-state index in [0.29, 0.717) is 18.2 Å². The summed E-state index contributed by atoms with van der Waals surface area (Å²) < 4.78 is 12.7. The van der Waals surface area contributed by atoms with E-state index in [1.54, 1.807) is 40.2 Å². The van der Waals surface area contributed by atoms with Crippen LogP contribution < -0.4 is 38.1 Å². The van der Waals surface area contributed by atoms with Crippen LogP contribution in [0.4, 0.5) is 5.69 Å². The Kier molecular flexibility index (Phi) is 14.3. The number of nitriles is 1. The minimum atomic E-state index is -0.656. The van der Waals surface area contributed by atoms with Crippen LogP contribution in [0.25, 0.3) is 0 Å². The van der Waals surface area contributed by atoms with E-state index in [9.17, 15) is 4.79 Å². The fourth-order valence-corrected chi connectivity index (χ4v) is 3.28. The van der Waals surface area contributed by atoms with Gasteiger partial charge in [0.1, 0.15) is 11.8 Å². The number of anilines is 1. The van der Waals surface area contributed by atoms with Crippen LogP contribution in [0.15, 0.2) is 53.8 Å². The zero-order chi connectivity index (χ0) is 25.6. The van der Waals surface area contributed by atoms with E-state index in [0.717, 1.165) is 37.1 Å². The summed E-state index contributed by atoms with van der Waals surface area (Å²) in [5.41, 5.74) is 12.6. The molecule has 2 rings (SSSR count). The molecule has 4 N–H and O–H groups in total. The Bertz CT molecular complexity index is 994. The minimum Gasteiger partial charge on any atom is -1.00 e. The first-order valence-corrected chi connectivity index (χ1v) is 12.0. The quantitative estimate of drug-likeness (QED) is 0.0942. The highest BCUT2D eigenvalue weighted by molar-refractivity contribution is 6.30. The lowest BCUT2D eigenvalue weighted by molar-refractivity contribution is -0.727. The molecule has 11 heteroatoms. The molecular weight excluding hydrogens is 503 g/mol. The molecule has 9 nitrogen and oxygen atoms in total. The standard InChI is InChI=1S/C25H34ClN6O3.ClH/c1-19(2)23(28)24(33)35-18-31-14-11-21(12-15-31)32(25(29)30-17-27)13-5-3-4-6-16-34-22-9-7-20(26)8-10-22;/h7-12,14-15,19,23H,3-6,13,16,18,28H2,1-2H3,(H2,29,30);1H/q+1;/p-1/t23-;/m1./s1. The van der Waals surface area contributed by atoms with Gasteiger partial charge in [0.2, 0.25) is 12.2 Å². The molecule has 196 valence electrons. The highest BCUT2D eigenvalue weighted by Crippen LogP contribution is 2.17. The van der Waals surface area contributed by atoms with Gasteiger partial charge in [0.15, 0.2) is 12.4 Å². The largest absolute Gasteiger partial charge is 1.00 e. The third-order valence-corrected chi connectivity index (χ3v) is 5.58. The summed E-state index contributed by atoms with van der Waals surface area (Å²) in [5, 5.41) is 9.62. The maximum absolute atomic E-state index is 11.9. The van der Waals surface area contributed by atoms with Gasteiger partial charge in [0.25, 0.3) is 6.73 Å². The molecule has 0 aliphatic heterocycles. The summed E-state index contributed by atoms with van der Waals surface area (Å²) in [4.78, 5) is 17.4. The zero-order valence-electron chi connectivity index (χ0n) is 20.6. The first-order chi connectivity index (χ1) is 16.8. The molecule has 0 amide bonds.